The van der Waals surface area contributed by atoms with Gasteiger partial charge in [0.25, 0.3) is 0 Å². The highest BCUT2D eigenvalue weighted by molar-refractivity contribution is 5.83. The van der Waals surface area contributed by atoms with Crippen LogP contribution in [0.1, 0.15) is 37.4 Å². The number of amides is 1. The van der Waals surface area contributed by atoms with Gasteiger partial charge in [-0.05, 0) is 44.3 Å². The van der Waals surface area contributed by atoms with Crippen molar-refractivity contribution in [1.29, 1.82) is 0 Å². The third kappa shape index (κ3) is 4.40. The SMILES string of the molecule is COCC1(C(=O)NCC2CCCOC2c2ccccc2)CCNCC1. The second-order valence-corrected chi connectivity index (χ2v) is 7.28. The molecule has 2 N–H and O–H groups in total. The molecule has 1 amide bonds. The van der Waals surface area contributed by atoms with Gasteiger partial charge in [-0.2, -0.15) is 0 Å². The van der Waals surface area contributed by atoms with Gasteiger partial charge in [0, 0.05) is 26.2 Å². The third-order valence-corrected chi connectivity index (χ3v) is 5.56. The Hall–Kier alpha value is -1.43. The van der Waals surface area contributed by atoms with E-state index in [9.17, 15) is 4.79 Å². The van der Waals surface area contributed by atoms with Crippen molar-refractivity contribution in [2.24, 2.45) is 11.3 Å². The van der Waals surface area contributed by atoms with Gasteiger partial charge in [-0.1, -0.05) is 30.3 Å². The van der Waals surface area contributed by atoms with Crippen LogP contribution in [0.25, 0.3) is 0 Å². The van der Waals surface area contributed by atoms with Crippen LogP contribution in [0.15, 0.2) is 30.3 Å². The van der Waals surface area contributed by atoms with Gasteiger partial charge < -0.3 is 20.1 Å². The minimum absolute atomic E-state index is 0.0710. The Balaban J connectivity index is 1.63. The summed E-state index contributed by atoms with van der Waals surface area (Å²) in [5, 5.41) is 6.55. The minimum Gasteiger partial charge on any atom is -0.384 e. The zero-order valence-corrected chi connectivity index (χ0v) is 15.1. The second-order valence-electron chi connectivity index (χ2n) is 7.28. The summed E-state index contributed by atoms with van der Waals surface area (Å²) in [5.74, 6) is 0.453. The van der Waals surface area contributed by atoms with Gasteiger partial charge in [-0.15, -0.1) is 0 Å². The third-order valence-electron chi connectivity index (χ3n) is 5.56. The largest absolute Gasteiger partial charge is 0.384 e. The number of ether oxygens (including phenoxy) is 2. The molecule has 2 aliphatic heterocycles. The molecule has 3 rings (SSSR count). The number of carbonyl (C=O) groups excluding carboxylic acids is 1. The van der Waals surface area contributed by atoms with Gasteiger partial charge in [-0.25, -0.2) is 0 Å². The highest BCUT2D eigenvalue weighted by Crippen LogP contribution is 2.34. The summed E-state index contributed by atoms with van der Waals surface area (Å²) in [6.45, 7) is 3.69. The highest BCUT2D eigenvalue weighted by Gasteiger charge is 2.40. The molecular formula is C20H30N2O3. The first-order chi connectivity index (χ1) is 12.2. The molecule has 0 aliphatic carbocycles. The lowest BCUT2D eigenvalue weighted by Gasteiger charge is -2.37. The van der Waals surface area contributed by atoms with Crippen LogP contribution in [-0.2, 0) is 14.3 Å². The number of rotatable bonds is 6. The van der Waals surface area contributed by atoms with Crippen LogP contribution in [0.4, 0.5) is 0 Å². The van der Waals surface area contributed by atoms with Gasteiger partial charge in [0.15, 0.2) is 0 Å². The fourth-order valence-corrected chi connectivity index (χ4v) is 4.09. The Morgan fingerprint density at radius 3 is 2.80 bits per heavy atom. The quantitative estimate of drug-likeness (QED) is 0.830. The maximum absolute atomic E-state index is 12.9. The number of methoxy groups -OCH3 is 1. The van der Waals surface area contributed by atoms with Gasteiger partial charge in [-0.3, -0.25) is 4.79 Å². The van der Waals surface area contributed by atoms with Gasteiger partial charge in [0.05, 0.1) is 18.1 Å². The van der Waals surface area contributed by atoms with E-state index < -0.39 is 5.41 Å². The van der Waals surface area contributed by atoms with Gasteiger partial charge >= 0.3 is 0 Å². The van der Waals surface area contributed by atoms with Gasteiger partial charge in [0.2, 0.25) is 5.91 Å². The van der Waals surface area contributed by atoms with Crippen LogP contribution >= 0.6 is 0 Å². The average molecular weight is 346 g/mol. The van der Waals surface area contributed by atoms with Crippen molar-refractivity contribution < 1.29 is 14.3 Å². The van der Waals surface area contributed by atoms with E-state index in [1.54, 1.807) is 7.11 Å². The zero-order chi connectivity index (χ0) is 17.5. The smallest absolute Gasteiger partial charge is 0.228 e. The first-order valence-electron chi connectivity index (χ1n) is 9.40. The van der Waals surface area contributed by atoms with Crippen molar-refractivity contribution >= 4 is 5.91 Å². The average Bonchev–Trinajstić information content (AvgIpc) is 2.68. The van der Waals surface area contributed by atoms with Crippen LogP contribution in [0.5, 0.6) is 0 Å². The molecule has 2 heterocycles. The maximum Gasteiger partial charge on any atom is 0.228 e. The molecule has 2 saturated heterocycles. The summed E-state index contributed by atoms with van der Waals surface area (Å²) in [7, 11) is 1.68. The summed E-state index contributed by atoms with van der Waals surface area (Å²) < 4.78 is 11.4. The van der Waals surface area contributed by atoms with Crippen LogP contribution in [0.3, 0.4) is 0 Å². The number of piperidine rings is 1. The van der Waals surface area contributed by atoms with Crippen LogP contribution in [-0.4, -0.2) is 45.9 Å². The Labute approximate surface area is 150 Å². The Morgan fingerprint density at radius 2 is 2.08 bits per heavy atom. The number of benzene rings is 1. The molecule has 2 fully saturated rings. The molecule has 25 heavy (non-hydrogen) atoms. The number of nitrogens with one attached hydrogen (secondary N) is 2. The molecular weight excluding hydrogens is 316 g/mol. The Bertz CT molecular complexity index is 538. The first kappa shape index (κ1) is 18.4. The lowest BCUT2D eigenvalue weighted by atomic mass is 9.78. The van der Waals surface area contributed by atoms with Crippen molar-refractivity contribution in [2.45, 2.75) is 31.8 Å². The Kier molecular flexibility index (Phi) is 6.45. The topological polar surface area (TPSA) is 59.6 Å². The van der Waals surface area contributed by atoms with Crippen molar-refractivity contribution in [2.75, 3.05) is 40.0 Å². The molecule has 5 nitrogen and oxygen atoms in total. The molecule has 1 aromatic carbocycles. The van der Waals surface area contributed by atoms with Crippen LogP contribution < -0.4 is 10.6 Å². The molecule has 5 heteroatoms. The van der Waals surface area contributed by atoms with E-state index in [0.29, 0.717) is 19.1 Å². The lowest BCUT2D eigenvalue weighted by Crippen LogP contribution is -2.51. The zero-order valence-electron chi connectivity index (χ0n) is 15.1. The normalized spacial score (nSPS) is 26.1. The standard InChI is InChI=1S/C20H30N2O3/c1-24-15-20(9-11-21-12-10-20)19(23)22-14-17-8-5-13-25-18(17)16-6-3-2-4-7-16/h2-4,6-7,17-18,21H,5,8-15H2,1H3,(H,22,23). The van der Waals surface area contributed by atoms with E-state index in [4.69, 9.17) is 9.47 Å². The highest BCUT2D eigenvalue weighted by atomic mass is 16.5. The fourth-order valence-electron chi connectivity index (χ4n) is 4.09. The molecule has 0 spiro atoms. The summed E-state index contributed by atoms with van der Waals surface area (Å²) in [5.41, 5.74) is 0.813. The molecule has 2 aliphatic rings. The van der Waals surface area contributed by atoms with E-state index in [1.165, 1.54) is 5.56 Å². The minimum atomic E-state index is -0.391. The van der Waals surface area contributed by atoms with E-state index in [0.717, 1.165) is 45.4 Å². The summed E-state index contributed by atoms with van der Waals surface area (Å²) in [6, 6.07) is 10.3. The summed E-state index contributed by atoms with van der Waals surface area (Å²) in [4.78, 5) is 12.9. The molecule has 0 bridgehead atoms. The maximum atomic E-state index is 12.9. The molecule has 0 aromatic heterocycles. The van der Waals surface area contributed by atoms with Crippen molar-refractivity contribution in [3.8, 4) is 0 Å². The summed E-state index contributed by atoms with van der Waals surface area (Å²) in [6.07, 6.45) is 3.86. The van der Waals surface area contributed by atoms with Crippen LogP contribution in [0.2, 0.25) is 0 Å². The summed E-state index contributed by atoms with van der Waals surface area (Å²) >= 11 is 0. The Morgan fingerprint density at radius 1 is 1.32 bits per heavy atom. The molecule has 0 saturated carbocycles. The van der Waals surface area contributed by atoms with Crippen molar-refractivity contribution in [3.63, 3.8) is 0 Å². The predicted molar refractivity (Wildman–Crippen MR) is 97.3 cm³/mol. The molecule has 138 valence electrons. The molecule has 1 aromatic rings. The van der Waals surface area contributed by atoms with E-state index in [1.807, 2.05) is 18.2 Å². The lowest BCUT2D eigenvalue weighted by molar-refractivity contribution is -0.137. The molecule has 2 atom stereocenters. The van der Waals surface area contributed by atoms with E-state index in [2.05, 4.69) is 22.8 Å². The number of carbonyl (C=O) groups is 1. The predicted octanol–water partition coefficient (Wildman–Crippen LogP) is 2.29. The first-order valence-corrected chi connectivity index (χ1v) is 9.40. The number of hydrogen-bond acceptors (Lipinski definition) is 4. The molecule has 2 unspecified atom stereocenters. The van der Waals surface area contributed by atoms with Crippen LogP contribution in [0, 0.1) is 11.3 Å². The molecule has 0 radical (unpaired) electrons. The van der Waals surface area contributed by atoms with Crippen molar-refractivity contribution in [3.05, 3.63) is 35.9 Å². The van der Waals surface area contributed by atoms with E-state index >= 15 is 0 Å². The van der Waals surface area contributed by atoms with E-state index in [-0.39, 0.29) is 12.0 Å². The second kappa shape index (κ2) is 8.79. The fraction of sp³-hybridized carbons (Fsp3) is 0.650. The van der Waals surface area contributed by atoms with Crippen molar-refractivity contribution in [1.82, 2.24) is 10.6 Å². The monoisotopic (exact) mass is 346 g/mol. The number of hydrogen-bond donors (Lipinski definition) is 2. The van der Waals surface area contributed by atoms with Gasteiger partial charge in [0.1, 0.15) is 0 Å².